The Morgan fingerprint density at radius 3 is 1.89 bits per heavy atom. The van der Waals surface area contributed by atoms with Gasteiger partial charge in [0.25, 0.3) is 0 Å². The lowest BCUT2D eigenvalue weighted by Crippen LogP contribution is -2.43. The van der Waals surface area contributed by atoms with Crippen LogP contribution in [-0.4, -0.2) is 15.2 Å². The molecular formula is C16H26OSSi. The molecule has 0 saturated heterocycles. The zero-order valence-electron chi connectivity index (χ0n) is 13.2. The minimum absolute atomic E-state index is 0.682. The van der Waals surface area contributed by atoms with Crippen LogP contribution in [0, 0.1) is 11.5 Å². The molecular weight excluding hydrogens is 268 g/mol. The first-order valence-corrected chi connectivity index (χ1v) is 10.1. The summed E-state index contributed by atoms with van der Waals surface area (Å²) in [5.74, 6) is 3.43. The first-order chi connectivity index (χ1) is 8.84. The molecule has 0 radical (unpaired) electrons. The molecule has 0 aromatic carbocycles. The Morgan fingerprint density at radius 2 is 1.53 bits per heavy atom. The maximum Gasteiger partial charge on any atom is 0.174 e. The van der Waals surface area contributed by atoms with E-state index in [0.717, 1.165) is 9.94 Å². The summed E-state index contributed by atoms with van der Waals surface area (Å²) in [6.45, 7) is 14.1. The summed E-state index contributed by atoms with van der Waals surface area (Å²) in [5, 5.41) is 0.940. The Morgan fingerprint density at radius 1 is 1.00 bits per heavy atom. The second-order valence-electron chi connectivity index (χ2n) is 5.97. The van der Waals surface area contributed by atoms with Crippen molar-refractivity contribution in [3.63, 3.8) is 0 Å². The van der Waals surface area contributed by atoms with Gasteiger partial charge in [-0.1, -0.05) is 58.8 Å². The Balaban J connectivity index is 3.15. The van der Waals surface area contributed by atoms with E-state index in [4.69, 9.17) is 4.74 Å². The summed E-state index contributed by atoms with van der Waals surface area (Å²) in [5.41, 5.74) is 5.78. The van der Waals surface area contributed by atoms with Gasteiger partial charge in [-0.25, -0.2) is 0 Å². The van der Waals surface area contributed by atoms with Gasteiger partial charge >= 0.3 is 0 Å². The fraction of sp³-hybridized carbons (Fsp3) is 0.625. The zero-order valence-corrected chi connectivity index (χ0v) is 15.0. The van der Waals surface area contributed by atoms with E-state index in [1.807, 2.05) is 6.07 Å². The quantitative estimate of drug-likeness (QED) is 0.539. The van der Waals surface area contributed by atoms with E-state index in [1.54, 1.807) is 18.4 Å². The maximum absolute atomic E-state index is 5.23. The van der Waals surface area contributed by atoms with Crippen molar-refractivity contribution >= 4 is 19.4 Å². The zero-order chi connectivity index (χ0) is 14.6. The fourth-order valence-electron chi connectivity index (χ4n) is 3.10. The van der Waals surface area contributed by atoms with Crippen molar-refractivity contribution in [2.24, 2.45) is 0 Å². The summed E-state index contributed by atoms with van der Waals surface area (Å²) in [6.07, 6.45) is 0. The van der Waals surface area contributed by atoms with E-state index in [9.17, 15) is 0 Å². The monoisotopic (exact) mass is 294 g/mol. The molecule has 0 saturated carbocycles. The molecule has 3 heteroatoms. The second-order valence-corrected chi connectivity index (χ2v) is 12.6. The number of methoxy groups -OCH3 is 1. The molecule has 0 atom stereocenters. The third-order valence-corrected chi connectivity index (χ3v) is 11.3. The van der Waals surface area contributed by atoms with Gasteiger partial charge in [0.1, 0.15) is 8.07 Å². The van der Waals surface area contributed by atoms with E-state index in [1.165, 1.54) is 0 Å². The molecule has 0 fully saturated rings. The van der Waals surface area contributed by atoms with E-state index in [-0.39, 0.29) is 0 Å². The largest absolute Gasteiger partial charge is 0.487 e. The molecule has 1 aromatic heterocycles. The van der Waals surface area contributed by atoms with Crippen LogP contribution in [0.15, 0.2) is 12.1 Å². The highest BCUT2D eigenvalue weighted by Gasteiger charge is 2.41. The Bertz CT molecular complexity index is 441. The molecule has 0 aliphatic heterocycles. The molecule has 1 rings (SSSR count). The molecule has 0 amide bonds. The molecule has 1 aromatic rings. The number of rotatable bonds is 4. The van der Waals surface area contributed by atoms with Gasteiger partial charge in [-0.3, -0.25) is 0 Å². The van der Waals surface area contributed by atoms with Gasteiger partial charge in [-0.05, 0) is 28.8 Å². The van der Waals surface area contributed by atoms with Gasteiger partial charge in [0.15, 0.2) is 5.06 Å². The summed E-state index contributed by atoms with van der Waals surface area (Å²) in [4.78, 5) is 1.12. The lowest BCUT2D eigenvalue weighted by atomic mass is 10.5. The van der Waals surface area contributed by atoms with Crippen LogP contribution >= 0.6 is 11.3 Å². The molecule has 0 N–H and O–H groups in total. The Kier molecular flexibility index (Phi) is 5.70. The van der Waals surface area contributed by atoms with Crippen LogP contribution in [0.3, 0.4) is 0 Å². The molecule has 0 aliphatic carbocycles. The van der Waals surface area contributed by atoms with Gasteiger partial charge in [0.05, 0.1) is 12.0 Å². The van der Waals surface area contributed by atoms with Crippen molar-refractivity contribution < 1.29 is 4.74 Å². The number of hydrogen-bond acceptors (Lipinski definition) is 2. The smallest absolute Gasteiger partial charge is 0.174 e. The number of hydrogen-bond donors (Lipinski definition) is 0. The van der Waals surface area contributed by atoms with Crippen LogP contribution in [0.1, 0.15) is 46.4 Å². The maximum atomic E-state index is 5.23. The summed E-state index contributed by atoms with van der Waals surface area (Å²) >= 11 is 1.64. The number of ether oxygens (including phenoxy) is 1. The SMILES string of the molecule is COc1ccc(C#C[Si](C(C)C)(C(C)C)C(C)C)s1. The van der Waals surface area contributed by atoms with Crippen LogP contribution in [-0.2, 0) is 0 Å². The first kappa shape index (κ1) is 16.3. The van der Waals surface area contributed by atoms with Crippen molar-refractivity contribution in [2.75, 3.05) is 7.11 Å². The van der Waals surface area contributed by atoms with Crippen molar-refractivity contribution in [2.45, 2.75) is 58.2 Å². The van der Waals surface area contributed by atoms with Crippen LogP contribution in [0.2, 0.25) is 16.6 Å². The third kappa shape index (κ3) is 3.43. The first-order valence-electron chi connectivity index (χ1n) is 7.01. The second kappa shape index (κ2) is 6.63. The highest BCUT2D eigenvalue weighted by atomic mass is 32.1. The van der Waals surface area contributed by atoms with Crippen molar-refractivity contribution in [1.82, 2.24) is 0 Å². The van der Waals surface area contributed by atoms with Crippen LogP contribution in [0.5, 0.6) is 5.06 Å². The molecule has 19 heavy (non-hydrogen) atoms. The number of thiophene rings is 1. The molecule has 1 heterocycles. The predicted molar refractivity (Wildman–Crippen MR) is 88.8 cm³/mol. The molecule has 0 spiro atoms. The lowest BCUT2D eigenvalue weighted by molar-refractivity contribution is 0.427. The van der Waals surface area contributed by atoms with Crippen molar-refractivity contribution in [3.05, 3.63) is 17.0 Å². The average Bonchev–Trinajstić information content (AvgIpc) is 2.76. The van der Waals surface area contributed by atoms with Crippen molar-refractivity contribution in [1.29, 1.82) is 0 Å². The summed E-state index contributed by atoms with van der Waals surface area (Å²) < 4.78 is 5.23. The minimum Gasteiger partial charge on any atom is -0.487 e. The highest BCUT2D eigenvalue weighted by molar-refractivity contribution is 7.14. The summed E-state index contributed by atoms with van der Waals surface area (Å²) in [7, 11) is 0.100. The normalized spacial score (nSPS) is 11.9. The lowest BCUT2D eigenvalue weighted by Gasteiger charge is -2.38. The van der Waals surface area contributed by atoms with E-state index >= 15 is 0 Å². The van der Waals surface area contributed by atoms with Crippen LogP contribution in [0.25, 0.3) is 0 Å². The van der Waals surface area contributed by atoms with Gasteiger partial charge in [-0.15, -0.1) is 5.54 Å². The van der Waals surface area contributed by atoms with E-state index in [0.29, 0.717) is 16.6 Å². The van der Waals surface area contributed by atoms with Gasteiger partial charge in [-0.2, -0.15) is 0 Å². The topological polar surface area (TPSA) is 9.23 Å². The van der Waals surface area contributed by atoms with Crippen LogP contribution in [0.4, 0.5) is 0 Å². The third-order valence-electron chi connectivity index (χ3n) is 4.05. The predicted octanol–water partition coefficient (Wildman–Crippen LogP) is 5.33. The van der Waals surface area contributed by atoms with E-state index in [2.05, 4.69) is 59.1 Å². The van der Waals surface area contributed by atoms with Crippen LogP contribution < -0.4 is 4.74 Å². The van der Waals surface area contributed by atoms with E-state index < -0.39 is 8.07 Å². The molecule has 0 unspecified atom stereocenters. The van der Waals surface area contributed by atoms with Gasteiger partial charge in [0, 0.05) is 0 Å². The fourth-order valence-corrected chi connectivity index (χ4v) is 9.08. The average molecular weight is 295 g/mol. The molecule has 0 bridgehead atoms. The van der Waals surface area contributed by atoms with Gasteiger partial charge in [0.2, 0.25) is 0 Å². The minimum atomic E-state index is -1.61. The molecule has 106 valence electrons. The standard InChI is InChI=1S/C16H26OSSi/c1-12(2)19(13(3)4,14(5)6)11-10-15-8-9-16(17-7)18-15/h8-9,12-14H,1-7H3. The molecule has 0 aliphatic rings. The summed E-state index contributed by atoms with van der Waals surface area (Å²) in [6, 6.07) is 4.06. The van der Waals surface area contributed by atoms with Crippen molar-refractivity contribution in [3.8, 4) is 16.5 Å². The highest BCUT2D eigenvalue weighted by Crippen LogP contribution is 2.40. The molecule has 1 nitrogen and oxygen atoms in total. The van der Waals surface area contributed by atoms with Gasteiger partial charge < -0.3 is 4.74 Å². The Labute approximate surface area is 123 Å². The Hall–Kier alpha value is -0.723.